The van der Waals surface area contributed by atoms with Crippen LogP contribution in [0.2, 0.25) is 0 Å². The summed E-state index contributed by atoms with van der Waals surface area (Å²) in [5, 5.41) is 6.19. The first-order valence-corrected chi connectivity index (χ1v) is 6.28. The molecule has 0 aromatic carbocycles. The third kappa shape index (κ3) is 4.17. The summed E-state index contributed by atoms with van der Waals surface area (Å²) in [6.07, 6.45) is 7.87. The first-order valence-electron chi connectivity index (χ1n) is 4.64. The Balaban J connectivity index is 0.00000256. The minimum atomic E-state index is -0.441. The van der Waals surface area contributed by atoms with Gasteiger partial charge in [0.15, 0.2) is 0 Å². The van der Waals surface area contributed by atoms with E-state index >= 15 is 0 Å². The summed E-state index contributed by atoms with van der Waals surface area (Å²) in [5.41, 5.74) is -0.882. The third-order valence-electron chi connectivity index (χ3n) is 2.77. The van der Waals surface area contributed by atoms with Gasteiger partial charge in [0.1, 0.15) is 0 Å². The molecule has 7 heteroatoms. The van der Waals surface area contributed by atoms with Crippen LogP contribution in [0.3, 0.4) is 0 Å². The van der Waals surface area contributed by atoms with Gasteiger partial charge in [-0.3, -0.25) is 0 Å². The van der Waals surface area contributed by atoms with E-state index in [1.54, 1.807) is 0 Å². The van der Waals surface area contributed by atoms with Crippen molar-refractivity contribution < 1.29 is 19.5 Å². The van der Waals surface area contributed by atoms with Gasteiger partial charge in [-0.15, -0.1) is 0 Å². The van der Waals surface area contributed by atoms with Crippen LogP contribution < -0.4 is 10.6 Å². The van der Waals surface area contributed by atoms with Crippen molar-refractivity contribution in [1.82, 2.24) is 10.6 Å². The summed E-state index contributed by atoms with van der Waals surface area (Å²) in [7, 11) is 0. The summed E-state index contributed by atoms with van der Waals surface area (Å²) in [6, 6.07) is 0. The largest absolute Gasteiger partial charge is 2.00 e. The van der Waals surface area contributed by atoms with Crippen LogP contribution in [0.5, 0.6) is 0 Å². The average Bonchev–Trinajstić information content (AvgIpc) is 2.08. The Morgan fingerprint density at radius 1 is 0.941 bits per heavy atom. The molecule has 0 aliphatic heterocycles. The van der Waals surface area contributed by atoms with Crippen LogP contribution in [-0.4, -0.2) is 19.7 Å². The summed E-state index contributed by atoms with van der Waals surface area (Å²) < 4.78 is 0.650. The molecule has 88 valence electrons. The third-order valence-corrected chi connectivity index (χ3v) is 3.18. The van der Waals surface area contributed by atoms with Crippen molar-refractivity contribution in [2.24, 2.45) is 0 Å². The summed E-state index contributed by atoms with van der Waals surface area (Å²) in [4.78, 5) is 0. The van der Waals surface area contributed by atoms with Crippen LogP contribution in [-0.2, 0) is 44.7 Å². The van der Waals surface area contributed by atoms with Gasteiger partial charge >= 0.3 is 19.5 Å². The van der Waals surface area contributed by atoms with Gasteiger partial charge in [-0.25, -0.2) is 0 Å². The Hall–Kier alpha value is 0.323. The molecule has 0 heterocycles. The van der Waals surface area contributed by atoms with Crippen LogP contribution >= 0.6 is 24.4 Å². The zero-order valence-electron chi connectivity index (χ0n) is 9.65. The fourth-order valence-electron chi connectivity index (χ4n) is 1.61. The van der Waals surface area contributed by atoms with Crippen LogP contribution in [0.4, 0.5) is 0 Å². The smallest absolute Gasteiger partial charge is 0.412 e. The quantitative estimate of drug-likeness (QED) is 0.443. The predicted octanol–water partition coefficient (Wildman–Crippen LogP) is 1.47. The van der Waals surface area contributed by atoms with Crippen LogP contribution in [0.25, 0.3) is 0 Å². The first kappa shape index (κ1) is 17.3. The molecule has 17 heavy (non-hydrogen) atoms. The second kappa shape index (κ2) is 6.48. The molecule has 2 nitrogen and oxygen atoms in total. The average molecular weight is 354 g/mol. The molecular formula is C10H12N2S4Zn. The van der Waals surface area contributed by atoms with Crippen molar-refractivity contribution in [2.75, 3.05) is 0 Å². The topological polar surface area (TPSA) is 24.1 Å². The first-order chi connectivity index (χ1) is 7.29. The van der Waals surface area contributed by atoms with Crippen molar-refractivity contribution in [1.29, 1.82) is 0 Å². The summed E-state index contributed by atoms with van der Waals surface area (Å²) in [6.45, 7) is 3.98. The van der Waals surface area contributed by atoms with Gasteiger partial charge in [0.05, 0.1) is 11.1 Å². The Kier molecular flexibility index (Phi) is 6.60. The van der Waals surface area contributed by atoms with Gasteiger partial charge < -0.3 is 60.3 Å². The van der Waals surface area contributed by atoms with E-state index in [0.717, 1.165) is 0 Å². The molecule has 1 aliphatic carbocycles. The number of thiocarbonyl (C=S) groups is 2. The van der Waals surface area contributed by atoms with Crippen LogP contribution in [0, 0.1) is 0 Å². The number of hydrogen-bond acceptors (Lipinski definition) is 4. The Morgan fingerprint density at radius 2 is 1.24 bits per heavy atom. The normalized spacial score (nSPS) is 30.2. The fraction of sp³-hybridized carbons (Fsp3) is 0.400. The summed E-state index contributed by atoms with van der Waals surface area (Å²) in [5.74, 6) is 0. The number of allylic oxidation sites excluding steroid dienone is 2. The van der Waals surface area contributed by atoms with Gasteiger partial charge in [-0.2, -0.15) is 0 Å². The van der Waals surface area contributed by atoms with Crippen molar-refractivity contribution in [2.45, 2.75) is 24.9 Å². The molecule has 1 rings (SSSR count). The van der Waals surface area contributed by atoms with Gasteiger partial charge in [0.2, 0.25) is 0 Å². The molecule has 1 aliphatic rings. The number of rotatable bonds is 2. The molecule has 2 N–H and O–H groups in total. The number of hydrogen-bond donors (Lipinski definition) is 2. The van der Waals surface area contributed by atoms with Gasteiger partial charge in [0, 0.05) is 0 Å². The fourth-order valence-corrected chi connectivity index (χ4v) is 2.46. The second-order valence-electron chi connectivity index (χ2n) is 3.95. The van der Waals surface area contributed by atoms with Crippen LogP contribution in [0.15, 0.2) is 24.3 Å². The molecule has 0 saturated heterocycles. The van der Waals surface area contributed by atoms with E-state index in [1.165, 1.54) is 0 Å². The van der Waals surface area contributed by atoms with Crippen LogP contribution in [0.1, 0.15) is 13.8 Å². The molecule has 0 spiro atoms. The predicted molar refractivity (Wildman–Crippen MR) is 81.3 cm³/mol. The minimum absolute atomic E-state index is 0. The maximum atomic E-state index is 4.92. The monoisotopic (exact) mass is 352 g/mol. The molecule has 0 bridgehead atoms. The number of nitrogens with one attached hydrogen (secondary N) is 2. The van der Waals surface area contributed by atoms with E-state index in [-0.39, 0.29) is 19.5 Å². The van der Waals surface area contributed by atoms with E-state index in [1.807, 2.05) is 38.2 Å². The molecule has 0 aromatic heterocycles. The molecular weight excluding hydrogens is 342 g/mol. The zero-order valence-corrected chi connectivity index (χ0v) is 15.9. The standard InChI is InChI=1S/C10H14N2S4.Zn/c1-9(11-7(13)14)5-3-4-6-10(9,2)12-8(15)16;/h3-6H,1-2H3,(H2,11,13,14)(H2,12,15,16);/q;+2/p-2. The minimum Gasteiger partial charge on any atom is -0.412 e. The van der Waals surface area contributed by atoms with Gasteiger partial charge in [-0.05, 0) is 13.8 Å². The van der Waals surface area contributed by atoms with Crippen molar-refractivity contribution in [3.05, 3.63) is 24.3 Å². The molecule has 0 saturated carbocycles. The van der Waals surface area contributed by atoms with Gasteiger partial charge in [-0.1, -0.05) is 32.9 Å². The van der Waals surface area contributed by atoms with E-state index in [0.29, 0.717) is 8.64 Å². The van der Waals surface area contributed by atoms with Crippen molar-refractivity contribution >= 4 is 58.3 Å². The van der Waals surface area contributed by atoms with E-state index in [2.05, 4.69) is 10.6 Å². The molecule has 0 radical (unpaired) electrons. The molecule has 2 unspecified atom stereocenters. The van der Waals surface area contributed by atoms with Crippen molar-refractivity contribution in [3.63, 3.8) is 0 Å². The summed E-state index contributed by atoms with van der Waals surface area (Å²) >= 11 is 19.7. The van der Waals surface area contributed by atoms with E-state index in [9.17, 15) is 0 Å². The zero-order chi connectivity index (χ0) is 12.4. The Bertz CT molecular complexity index is 347. The van der Waals surface area contributed by atoms with E-state index < -0.39 is 11.1 Å². The molecule has 0 amide bonds. The Morgan fingerprint density at radius 3 is 1.47 bits per heavy atom. The maximum Gasteiger partial charge on any atom is 2.00 e. The SMILES string of the molecule is CC1(NC(=S)[S-])C=CC=CC1(C)NC(=S)[S-].[Zn+2]. The van der Waals surface area contributed by atoms with Crippen molar-refractivity contribution in [3.8, 4) is 0 Å². The Labute approximate surface area is 137 Å². The molecule has 0 aromatic rings. The maximum absolute atomic E-state index is 4.92. The molecule has 2 atom stereocenters. The van der Waals surface area contributed by atoms with E-state index in [4.69, 9.17) is 49.7 Å². The molecule has 0 fully saturated rings. The van der Waals surface area contributed by atoms with Gasteiger partial charge in [0.25, 0.3) is 0 Å². The second-order valence-corrected chi connectivity index (χ2v) is 6.10.